The second kappa shape index (κ2) is 9.49. The number of hydrogen-bond donors (Lipinski definition) is 0. The smallest absolute Gasteiger partial charge is 0.100 e. The minimum atomic E-state index is 0.523. The highest BCUT2D eigenvalue weighted by Gasteiger charge is 2.09. The third-order valence-electron chi connectivity index (χ3n) is 6.07. The van der Waals surface area contributed by atoms with Crippen LogP contribution in [0.4, 0.5) is 0 Å². The fraction of sp³-hybridized carbons (Fsp3) is 0.138. The fourth-order valence-corrected chi connectivity index (χ4v) is 4.66. The second-order valence-corrected chi connectivity index (χ2v) is 9.63. The van der Waals surface area contributed by atoms with Gasteiger partial charge in [0.2, 0.25) is 0 Å². The number of aromatic nitrogens is 2. The van der Waals surface area contributed by atoms with Crippen LogP contribution < -0.4 is 0 Å². The van der Waals surface area contributed by atoms with Crippen molar-refractivity contribution < 1.29 is 0 Å². The van der Waals surface area contributed by atoms with E-state index in [1.165, 1.54) is 11.1 Å². The van der Waals surface area contributed by atoms with Crippen molar-refractivity contribution in [3.63, 3.8) is 0 Å². The van der Waals surface area contributed by atoms with Gasteiger partial charge in [0.15, 0.2) is 0 Å². The summed E-state index contributed by atoms with van der Waals surface area (Å²) in [5.41, 5.74) is 7.86. The van der Waals surface area contributed by atoms with E-state index in [2.05, 4.69) is 78.0 Å². The Balaban J connectivity index is 1.33. The Labute approximate surface area is 209 Å². The Morgan fingerprint density at radius 3 is 2.62 bits per heavy atom. The lowest BCUT2D eigenvalue weighted by Gasteiger charge is -2.07. The van der Waals surface area contributed by atoms with E-state index in [-0.39, 0.29) is 0 Å². The van der Waals surface area contributed by atoms with Crippen molar-refractivity contribution in [2.75, 3.05) is 6.54 Å². The number of thiocarbonyl (C=S) groups is 1. The average Bonchev–Trinajstić information content (AvgIpc) is 3.26. The van der Waals surface area contributed by atoms with Crippen molar-refractivity contribution in [1.29, 1.82) is 0 Å². The Bertz CT molecular complexity index is 1550. The summed E-state index contributed by atoms with van der Waals surface area (Å²) in [6.45, 7) is 4.68. The van der Waals surface area contributed by atoms with E-state index in [1.54, 1.807) is 0 Å². The Morgan fingerprint density at radius 2 is 1.82 bits per heavy atom. The molecule has 0 aliphatic heterocycles. The maximum absolute atomic E-state index is 6.05. The zero-order valence-corrected chi connectivity index (χ0v) is 20.7. The van der Waals surface area contributed by atoms with Crippen molar-refractivity contribution in [2.45, 2.75) is 20.3 Å². The number of rotatable bonds is 6. The first-order chi connectivity index (χ1) is 16.5. The van der Waals surface area contributed by atoms with E-state index >= 15 is 0 Å². The zero-order valence-electron chi connectivity index (χ0n) is 19.1. The number of nitrogens with zero attached hydrogens (tertiary/aromatic N) is 3. The summed E-state index contributed by atoms with van der Waals surface area (Å²) in [5, 5.41) is 3.03. The van der Waals surface area contributed by atoms with Gasteiger partial charge in [-0.1, -0.05) is 65.8 Å². The number of halogens is 1. The first-order valence-corrected chi connectivity index (χ1v) is 12.0. The van der Waals surface area contributed by atoms with Crippen molar-refractivity contribution in [3.8, 4) is 5.69 Å². The van der Waals surface area contributed by atoms with Crippen LogP contribution in [0.3, 0.4) is 0 Å². The lowest BCUT2D eigenvalue weighted by Crippen LogP contribution is -2.05. The summed E-state index contributed by atoms with van der Waals surface area (Å²) in [4.78, 5) is 10.2. The maximum atomic E-state index is 6.05. The van der Waals surface area contributed by atoms with Gasteiger partial charge in [-0.3, -0.25) is 9.56 Å². The molecule has 0 fully saturated rings. The van der Waals surface area contributed by atoms with Gasteiger partial charge < -0.3 is 0 Å². The molecule has 0 bridgehead atoms. The van der Waals surface area contributed by atoms with Crippen LogP contribution in [0.5, 0.6) is 0 Å². The normalized spacial score (nSPS) is 11.6. The number of aryl methyl sites for hydroxylation is 2. The van der Waals surface area contributed by atoms with Crippen molar-refractivity contribution >= 4 is 56.7 Å². The molecule has 1 aromatic heterocycles. The molecule has 168 valence electrons. The van der Waals surface area contributed by atoms with Crippen molar-refractivity contribution in [2.24, 2.45) is 4.99 Å². The summed E-state index contributed by atoms with van der Waals surface area (Å²) in [6.07, 6.45) is 4.53. The molecular formula is C29H24ClN3S. The molecule has 0 saturated heterocycles. The first kappa shape index (κ1) is 22.5. The van der Waals surface area contributed by atoms with E-state index in [9.17, 15) is 0 Å². The molecule has 0 N–H and O–H groups in total. The van der Waals surface area contributed by atoms with Crippen LogP contribution in [0.2, 0.25) is 5.02 Å². The molecule has 0 saturated carbocycles. The third-order valence-corrected chi connectivity index (χ3v) is 6.58. The molecule has 5 aromatic rings. The Kier molecular flexibility index (Phi) is 6.27. The summed E-state index contributed by atoms with van der Waals surface area (Å²) in [7, 11) is 0. The minimum Gasteiger partial charge on any atom is -0.299 e. The van der Waals surface area contributed by atoms with Crippen LogP contribution in [0, 0.1) is 13.8 Å². The highest BCUT2D eigenvalue weighted by Crippen LogP contribution is 2.27. The maximum Gasteiger partial charge on any atom is 0.100 e. The monoisotopic (exact) mass is 481 g/mol. The predicted octanol–water partition coefficient (Wildman–Crippen LogP) is 7.48. The molecule has 5 rings (SSSR count). The molecule has 0 spiro atoms. The molecule has 3 nitrogen and oxygen atoms in total. The highest BCUT2D eigenvalue weighted by molar-refractivity contribution is 7.80. The van der Waals surface area contributed by atoms with Gasteiger partial charge in [-0.2, -0.15) is 0 Å². The lowest BCUT2D eigenvalue weighted by atomic mass is 10.0. The highest BCUT2D eigenvalue weighted by atomic mass is 35.5. The molecular weight excluding hydrogens is 458 g/mol. The van der Waals surface area contributed by atoms with Crippen LogP contribution in [0.25, 0.3) is 27.5 Å². The standard InChI is InChI=1S/C29H24ClN3S/c1-19-3-9-25(10-4-19)33-18-32-29-27-11-5-21(14-23(27)7-12-28(29)33)16-31-17-26(34)15-22-6-8-24(30)13-20(22)2/h3-14,16,18H,15,17H2,1-2H3. The molecule has 0 amide bonds. The molecule has 34 heavy (non-hydrogen) atoms. The molecule has 0 aliphatic rings. The van der Waals surface area contributed by atoms with Gasteiger partial charge >= 0.3 is 0 Å². The quantitative estimate of drug-likeness (QED) is 0.186. The van der Waals surface area contributed by atoms with Gasteiger partial charge in [0.05, 0.1) is 17.6 Å². The van der Waals surface area contributed by atoms with Gasteiger partial charge in [0.25, 0.3) is 0 Å². The average molecular weight is 482 g/mol. The molecule has 1 heterocycles. The second-order valence-electron chi connectivity index (χ2n) is 8.62. The van der Waals surface area contributed by atoms with E-state index < -0.39 is 0 Å². The largest absolute Gasteiger partial charge is 0.299 e. The van der Waals surface area contributed by atoms with Gasteiger partial charge in [-0.15, -0.1) is 0 Å². The van der Waals surface area contributed by atoms with Crippen molar-refractivity contribution in [1.82, 2.24) is 9.55 Å². The van der Waals surface area contributed by atoms with Crippen LogP contribution in [-0.4, -0.2) is 27.2 Å². The fourth-order valence-electron chi connectivity index (χ4n) is 4.20. The summed E-state index contributed by atoms with van der Waals surface area (Å²) >= 11 is 11.6. The molecule has 0 atom stereocenters. The van der Waals surface area contributed by atoms with Gasteiger partial charge in [-0.25, -0.2) is 4.98 Å². The number of hydrogen-bond acceptors (Lipinski definition) is 3. The van der Waals surface area contributed by atoms with Gasteiger partial charge in [0, 0.05) is 33.6 Å². The molecule has 4 aromatic carbocycles. The van der Waals surface area contributed by atoms with E-state index in [0.29, 0.717) is 6.54 Å². The van der Waals surface area contributed by atoms with E-state index in [4.69, 9.17) is 28.8 Å². The number of benzene rings is 4. The number of fused-ring (bicyclic) bond motifs is 3. The number of imidazole rings is 1. The summed E-state index contributed by atoms with van der Waals surface area (Å²) < 4.78 is 2.13. The zero-order chi connectivity index (χ0) is 23.7. The Hall–Kier alpha value is -3.34. The summed E-state index contributed by atoms with van der Waals surface area (Å²) in [6, 6.07) is 25.1. The number of aliphatic imine (C=N–C) groups is 1. The van der Waals surface area contributed by atoms with Crippen LogP contribution >= 0.6 is 23.8 Å². The van der Waals surface area contributed by atoms with Gasteiger partial charge in [0.1, 0.15) is 6.33 Å². The summed E-state index contributed by atoms with van der Waals surface area (Å²) in [5.74, 6) is 0. The molecule has 0 radical (unpaired) electrons. The van der Waals surface area contributed by atoms with E-state index in [1.807, 2.05) is 30.7 Å². The van der Waals surface area contributed by atoms with E-state index in [0.717, 1.165) is 54.9 Å². The third kappa shape index (κ3) is 4.65. The molecule has 5 heteroatoms. The van der Waals surface area contributed by atoms with Crippen LogP contribution in [-0.2, 0) is 6.42 Å². The predicted molar refractivity (Wildman–Crippen MR) is 148 cm³/mol. The van der Waals surface area contributed by atoms with Crippen molar-refractivity contribution in [3.05, 3.63) is 106 Å². The SMILES string of the molecule is Cc1ccc(-n2cnc3c4ccc(C=NCC(=S)Cc5ccc(Cl)cc5C)cc4ccc32)cc1. The minimum absolute atomic E-state index is 0.523. The first-order valence-electron chi connectivity index (χ1n) is 11.2. The van der Waals surface area contributed by atoms with Crippen LogP contribution in [0.15, 0.2) is 84.1 Å². The Morgan fingerprint density at radius 1 is 1.00 bits per heavy atom. The topological polar surface area (TPSA) is 30.2 Å². The lowest BCUT2D eigenvalue weighted by molar-refractivity contribution is 1.09. The van der Waals surface area contributed by atoms with Crippen LogP contribution in [0.1, 0.15) is 22.3 Å². The van der Waals surface area contributed by atoms with Gasteiger partial charge in [-0.05, 0) is 72.3 Å². The molecule has 0 aliphatic carbocycles. The molecule has 0 unspecified atom stereocenters.